The van der Waals surface area contributed by atoms with Crippen LogP contribution in [0.3, 0.4) is 0 Å². The molecule has 2 aromatic heterocycles. The summed E-state index contributed by atoms with van der Waals surface area (Å²) in [6.45, 7) is 7.56. The van der Waals surface area contributed by atoms with E-state index in [1.807, 2.05) is 0 Å². The molecule has 2 aliphatic heterocycles. The van der Waals surface area contributed by atoms with E-state index in [1.165, 1.54) is 18.5 Å². The minimum Gasteiger partial charge on any atom is -0.372 e. The molecule has 2 aliphatic rings. The number of hydrogen-bond donors (Lipinski definition) is 0. The van der Waals surface area contributed by atoms with Gasteiger partial charge < -0.3 is 14.5 Å². The van der Waals surface area contributed by atoms with Gasteiger partial charge >= 0.3 is 0 Å². The molecule has 1 aromatic carbocycles. The van der Waals surface area contributed by atoms with Crippen molar-refractivity contribution in [2.45, 2.75) is 32.4 Å². The summed E-state index contributed by atoms with van der Waals surface area (Å²) in [5.41, 5.74) is 3.35. The highest BCUT2D eigenvalue weighted by molar-refractivity contribution is 5.89. The normalized spacial score (nSPS) is 19.2. The topological polar surface area (TPSA) is 54.4 Å². The van der Waals surface area contributed by atoms with Crippen LogP contribution in [0.2, 0.25) is 0 Å². The summed E-state index contributed by atoms with van der Waals surface area (Å²) in [5, 5.41) is 0.709. The first-order valence-corrected chi connectivity index (χ1v) is 9.93. The van der Waals surface area contributed by atoms with Crippen molar-refractivity contribution in [3.8, 4) is 0 Å². The zero-order chi connectivity index (χ0) is 20.9. The summed E-state index contributed by atoms with van der Waals surface area (Å²) >= 11 is 0. The van der Waals surface area contributed by atoms with E-state index in [0.29, 0.717) is 31.3 Å². The number of morpholine rings is 1. The number of halogens is 1. The number of nitrogens with zero attached hydrogens (tertiary/aromatic N) is 5. The Morgan fingerprint density at radius 1 is 1.14 bits per heavy atom. The van der Waals surface area contributed by atoms with Gasteiger partial charge in [-0.3, -0.25) is 4.98 Å². The second kappa shape index (κ2) is 6.91. The Bertz CT molecular complexity index is 1120. The van der Waals surface area contributed by atoms with E-state index in [0.717, 1.165) is 47.8 Å². The molecule has 1 saturated heterocycles. The van der Waals surface area contributed by atoms with Crippen LogP contribution in [-0.4, -0.2) is 46.8 Å². The van der Waals surface area contributed by atoms with E-state index in [9.17, 15) is 4.39 Å². The molecule has 0 saturated carbocycles. The zero-order valence-electron chi connectivity index (χ0n) is 17.7. The quantitative estimate of drug-likeness (QED) is 0.665. The SMILES string of the molecule is [2H]c1nc2c(cc1N1CCOC(C)(C)C1)CN(c1ncnc3ccc(F)cc13)CC2. The fraction of sp³-hybridized carbons (Fsp3) is 0.409. The Kier molecular flexibility index (Phi) is 4.08. The predicted molar refractivity (Wildman–Crippen MR) is 111 cm³/mol. The third-order valence-electron chi connectivity index (χ3n) is 5.61. The number of fused-ring (bicyclic) bond motifs is 2. The monoisotopic (exact) mass is 394 g/mol. The number of rotatable bonds is 2. The second-order valence-electron chi connectivity index (χ2n) is 8.29. The van der Waals surface area contributed by atoms with E-state index in [4.69, 9.17) is 6.11 Å². The van der Waals surface area contributed by atoms with E-state index in [2.05, 4.69) is 44.7 Å². The lowest BCUT2D eigenvalue weighted by atomic mass is 10.0. The van der Waals surface area contributed by atoms with Gasteiger partial charge in [-0.1, -0.05) is 0 Å². The number of pyridine rings is 1. The number of benzene rings is 1. The molecular weight excluding hydrogens is 369 g/mol. The molecular formula is C22H24FN5O. The highest BCUT2D eigenvalue weighted by Crippen LogP contribution is 2.30. The lowest BCUT2D eigenvalue weighted by molar-refractivity contribution is -0.0277. The van der Waals surface area contributed by atoms with Gasteiger partial charge in [-0.15, -0.1) is 0 Å². The number of anilines is 2. The molecule has 29 heavy (non-hydrogen) atoms. The average Bonchev–Trinajstić information content (AvgIpc) is 2.72. The smallest absolute Gasteiger partial charge is 0.140 e. The molecule has 3 aromatic rings. The van der Waals surface area contributed by atoms with E-state index in [1.54, 1.807) is 6.07 Å². The van der Waals surface area contributed by atoms with Gasteiger partial charge in [0, 0.05) is 43.7 Å². The van der Waals surface area contributed by atoms with Gasteiger partial charge in [0.1, 0.15) is 18.0 Å². The fourth-order valence-corrected chi connectivity index (χ4v) is 4.19. The van der Waals surface area contributed by atoms with Crippen LogP contribution >= 0.6 is 0 Å². The summed E-state index contributed by atoms with van der Waals surface area (Å²) in [6.07, 6.45) is 2.56. The minimum absolute atomic E-state index is 0.253. The highest BCUT2D eigenvalue weighted by Gasteiger charge is 2.28. The van der Waals surface area contributed by atoms with Crippen molar-refractivity contribution >= 4 is 22.4 Å². The molecule has 0 bridgehead atoms. The van der Waals surface area contributed by atoms with Crippen LogP contribution < -0.4 is 9.80 Å². The minimum atomic E-state index is -0.298. The van der Waals surface area contributed by atoms with Crippen LogP contribution in [0, 0.1) is 5.82 Å². The third-order valence-corrected chi connectivity index (χ3v) is 5.61. The second-order valence-corrected chi connectivity index (χ2v) is 8.29. The number of ether oxygens (including phenoxy) is 1. The molecule has 0 radical (unpaired) electrons. The first-order chi connectivity index (χ1) is 14.4. The van der Waals surface area contributed by atoms with Crippen LogP contribution in [0.1, 0.15) is 26.5 Å². The maximum Gasteiger partial charge on any atom is 0.140 e. The molecule has 0 spiro atoms. The zero-order valence-corrected chi connectivity index (χ0v) is 16.7. The first-order valence-electron chi connectivity index (χ1n) is 10.4. The maximum atomic E-state index is 13.9. The van der Waals surface area contributed by atoms with Crippen molar-refractivity contribution in [1.82, 2.24) is 15.0 Å². The largest absolute Gasteiger partial charge is 0.372 e. The van der Waals surface area contributed by atoms with E-state index < -0.39 is 0 Å². The van der Waals surface area contributed by atoms with Gasteiger partial charge in [-0.2, -0.15) is 0 Å². The Morgan fingerprint density at radius 2 is 2.03 bits per heavy atom. The summed E-state index contributed by atoms with van der Waals surface area (Å²) < 4.78 is 28.1. The standard InChI is InChI=1S/C22H24FN5O/c1-22(2)13-28(7-8-29-22)17-9-15-12-27(6-5-19(15)24-11-17)21-18-10-16(23)3-4-20(18)25-14-26-21/h3-4,9-11,14H,5-8,12-13H2,1-2H3/i11D. The van der Waals surface area contributed by atoms with Gasteiger partial charge in [0.15, 0.2) is 0 Å². The van der Waals surface area contributed by atoms with Crippen LogP contribution in [0.25, 0.3) is 10.9 Å². The van der Waals surface area contributed by atoms with Crippen molar-refractivity contribution in [3.05, 3.63) is 53.8 Å². The third kappa shape index (κ3) is 3.51. The van der Waals surface area contributed by atoms with Crippen LogP contribution in [0.15, 0.2) is 36.8 Å². The Balaban J connectivity index is 1.49. The van der Waals surface area contributed by atoms with Crippen LogP contribution in [0.4, 0.5) is 15.9 Å². The summed E-state index contributed by atoms with van der Waals surface area (Å²) in [7, 11) is 0. The summed E-state index contributed by atoms with van der Waals surface area (Å²) in [6, 6.07) is 6.68. The lowest BCUT2D eigenvalue weighted by Crippen LogP contribution is -2.48. The molecule has 0 N–H and O–H groups in total. The molecule has 0 amide bonds. The van der Waals surface area contributed by atoms with Crippen LogP contribution in [-0.2, 0) is 17.7 Å². The van der Waals surface area contributed by atoms with E-state index >= 15 is 0 Å². The predicted octanol–water partition coefficient (Wildman–Crippen LogP) is 3.34. The maximum absolute atomic E-state index is 13.9. The highest BCUT2D eigenvalue weighted by atomic mass is 19.1. The molecule has 5 rings (SSSR count). The Hall–Kier alpha value is -2.80. The van der Waals surface area contributed by atoms with Crippen molar-refractivity contribution in [1.29, 1.82) is 0 Å². The van der Waals surface area contributed by atoms with Crippen molar-refractivity contribution < 1.29 is 10.5 Å². The first kappa shape index (κ1) is 17.1. The average molecular weight is 394 g/mol. The van der Waals surface area contributed by atoms with Crippen molar-refractivity contribution in [2.24, 2.45) is 0 Å². The molecule has 4 heterocycles. The van der Waals surface area contributed by atoms with Gasteiger partial charge in [0.25, 0.3) is 0 Å². The van der Waals surface area contributed by atoms with Gasteiger partial charge in [0.2, 0.25) is 0 Å². The van der Waals surface area contributed by atoms with Crippen molar-refractivity contribution in [2.75, 3.05) is 36.0 Å². The van der Waals surface area contributed by atoms with Gasteiger partial charge in [0.05, 0.1) is 31.0 Å². The van der Waals surface area contributed by atoms with Crippen molar-refractivity contribution in [3.63, 3.8) is 0 Å². The van der Waals surface area contributed by atoms with Crippen LogP contribution in [0.5, 0.6) is 0 Å². The van der Waals surface area contributed by atoms with Gasteiger partial charge in [-0.25, -0.2) is 14.4 Å². The number of aromatic nitrogens is 3. The molecule has 0 aliphatic carbocycles. The van der Waals surface area contributed by atoms with Gasteiger partial charge in [-0.05, 0) is 43.7 Å². The Morgan fingerprint density at radius 3 is 2.90 bits per heavy atom. The molecule has 0 unspecified atom stereocenters. The lowest BCUT2D eigenvalue weighted by Gasteiger charge is -2.39. The molecule has 6 nitrogen and oxygen atoms in total. The molecule has 1 fully saturated rings. The van der Waals surface area contributed by atoms with E-state index in [-0.39, 0.29) is 11.4 Å². The molecule has 7 heteroatoms. The molecule has 150 valence electrons. The number of hydrogen-bond acceptors (Lipinski definition) is 6. The summed E-state index contributed by atoms with van der Waals surface area (Å²) in [5.74, 6) is 0.433. The Labute approximate surface area is 170 Å². The molecule has 0 atom stereocenters. The fourth-order valence-electron chi connectivity index (χ4n) is 4.19. The summed E-state index contributed by atoms with van der Waals surface area (Å²) in [4.78, 5) is 17.7.